The molecule has 6 heteroatoms. The van der Waals surface area contributed by atoms with Crippen molar-refractivity contribution in [2.24, 2.45) is 5.73 Å². The van der Waals surface area contributed by atoms with E-state index in [0.29, 0.717) is 0 Å². The van der Waals surface area contributed by atoms with Crippen molar-refractivity contribution < 1.29 is 19.8 Å². The number of carbonyl (C=O) groups is 2. The number of carboxylic acids is 1. The molecule has 0 radical (unpaired) electrons. The lowest BCUT2D eigenvalue weighted by molar-refractivity contribution is -0.148. The van der Waals surface area contributed by atoms with E-state index in [0.717, 1.165) is 4.90 Å². The minimum atomic E-state index is -1.10. The molecule has 1 fully saturated rings. The zero-order valence-electron chi connectivity index (χ0n) is 7.88. The number of hydrogen-bond donors (Lipinski definition) is 3. The highest BCUT2D eigenvalue weighted by molar-refractivity contribution is 5.87. The maximum atomic E-state index is 11.4. The van der Waals surface area contributed by atoms with Gasteiger partial charge in [0.2, 0.25) is 5.91 Å². The normalized spacial score (nSPS) is 28.9. The predicted molar refractivity (Wildman–Crippen MR) is 47.4 cm³/mol. The fraction of sp³-hybridized carbons (Fsp3) is 0.750. The molecule has 1 rings (SSSR count). The molecule has 1 saturated heterocycles. The molecule has 80 valence electrons. The fourth-order valence-electron chi connectivity index (χ4n) is 1.55. The molecule has 6 nitrogen and oxygen atoms in total. The van der Waals surface area contributed by atoms with Gasteiger partial charge in [-0.25, -0.2) is 4.79 Å². The second kappa shape index (κ2) is 3.93. The molecule has 4 N–H and O–H groups in total. The Morgan fingerprint density at radius 1 is 1.57 bits per heavy atom. The molecular weight excluding hydrogens is 188 g/mol. The number of carbonyl (C=O) groups excluding carboxylic acids is 1. The lowest BCUT2D eigenvalue weighted by atomic mass is 10.2. The average molecular weight is 202 g/mol. The standard InChI is InChI=1S/C8H14N2O4/c1-4(9)7(12)10-3-5(11)2-6(10)8(13)14/h4-6,11H,2-3,9H2,1H3,(H,13,14)/t4?,5-,6-/m1/s1. The van der Waals surface area contributed by atoms with E-state index in [2.05, 4.69) is 0 Å². The van der Waals surface area contributed by atoms with Crippen molar-refractivity contribution in [3.8, 4) is 0 Å². The fourth-order valence-corrected chi connectivity index (χ4v) is 1.55. The van der Waals surface area contributed by atoms with E-state index < -0.39 is 30.1 Å². The van der Waals surface area contributed by atoms with E-state index >= 15 is 0 Å². The van der Waals surface area contributed by atoms with Gasteiger partial charge in [0.15, 0.2) is 0 Å². The van der Waals surface area contributed by atoms with Gasteiger partial charge in [-0.05, 0) is 6.92 Å². The van der Waals surface area contributed by atoms with Gasteiger partial charge in [-0.3, -0.25) is 4.79 Å². The van der Waals surface area contributed by atoms with Gasteiger partial charge in [-0.2, -0.15) is 0 Å². The monoisotopic (exact) mass is 202 g/mol. The van der Waals surface area contributed by atoms with Crippen LogP contribution in [0, 0.1) is 0 Å². The Kier molecular flexibility index (Phi) is 3.07. The molecule has 1 heterocycles. The smallest absolute Gasteiger partial charge is 0.326 e. The van der Waals surface area contributed by atoms with Gasteiger partial charge in [-0.15, -0.1) is 0 Å². The Balaban J connectivity index is 2.76. The number of amides is 1. The summed E-state index contributed by atoms with van der Waals surface area (Å²) in [7, 11) is 0. The maximum Gasteiger partial charge on any atom is 0.326 e. The number of aliphatic hydroxyl groups is 1. The quantitative estimate of drug-likeness (QED) is 0.499. The van der Waals surface area contributed by atoms with Gasteiger partial charge in [0.1, 0.15) is 6.04 Å². The molecule has 0 saturated carbocycles. The molecule has 0 aliphatic carbocycles. The molecule has 0 aromatic carbocycles. The van der Waals surface area contributed by atoms with E-state index in [1.165, 1.54) is 6.92 Å². The zero-order chi connectivity index (χ0) is 10.9. The largest absolute Gasteiger partial charge is 0.480 e. The molecule has 1 aliphatic rings. The summed E-state index contributed by atoms with van der Waals surface area (Å²) < 4.78 is 0. The first-order valence-electron chi connectivity index (χ1n) is 4.40. The third-order valence-corrected chi connectivity index (χ3v) is 2.24. The van der Waals surface area contributed by atoms with Crippen molar-refractivity contribution >= 4 is 11.9 Å². The number of aliphatic hydroxyl groups excluding tert-OH is 1. The van der Waals surface area contributed by atoms with Gasteiger partial charge >= 0.3 is 5.97 Å². The van der Waals surface area contributed by atoms with E-state index in [4.69, 9.17) is 10.8 Å². The molecule has 1 amide bonds. The van der Waals surface area contributed by atoms with Gasteiger partial charge in [0, 0.05) is 13.0 Å². The van der Waals surface area contributed by atoms with Crippen molar-refractivity contribution in [2.75, 3.05) is 6.54 Å². The van der Waals surface area contributed by atoms with Crippen LogP contribution in [0.5, 0.6) is 0 Å². The van der Waals surface area contributed by atoms with E-state index in [9.17, 15) is 14.7 Å². The summed E-state index contributed by atoms with van der Waals surface area (Å²) >= 11 is 0. The van der Waals surface area contributed by atoms with Gasteiger partial charge in [-0.1, -0.05) is 0 Å². The first kappa shape index (κ1) is 10.9. The highest BCUT2D eigenvalue weighted by Gasteiger charge is 2.39. The summed E-state index contributed by atoms with van der Waals surface area (Å²) in [4.78, 5) is 23.3. The van der Waals surface area contributed by atoms with Crippen LogP contribution in [-0.2, 0) is 9.59 Å². The van der Waals surface area contributed by atoms with Crippen LogP contribution in [0.3, 0.4) is 0 Å². The van der Waals surface area contributed by atoms with Crippen LogP contribution in [-0.4, -0.2) is 51.7 Å². The van der Waals surface area contributed by atoms with E-state index in [1.54, 1.807) is 0 Å². The number of rotatable bonds is 2. The van der Waals surface area contributed by atoms with Crippen molar-refractivity contribution in [1.29, 1.82) is 0 Å². The van der Waals surface area contributed by atoms with Crippen LogP contribution in [0.15, 0.2) is 0 Å². The van der Waals surface area contributed by atoms with Crippen LogP contribution < -0.4 is 5.73 Å². The minimum Gasteiger partial charge on any atom is -0.480 e. The molecule has 14 heavy (non-hydrogen) atoms. The Bertz CT molecular complexity index is 254. The molecule has 0 aromatic rings. The molecule has 3 atom stereocenters. The van der Waals surface area contributed by atoms with Crippen molar-refractivity contribution in [1.82, 2.24) is 4.90 Å². The number of nitrogens with zero attached hydrogens (tertiary/aromatic N) is 1. The average Bonchev–Trinajstić information content (AvgIpc) is 2.45. The third-order valence-electron chi connectivity index (χ3n) is 2.24. The van der Waals surface area contributed by atoms with Crippen molar-refractivity contribution in [2.45, 2.75) is 31.5 Å². The SMILES string of the molecule is CC(N)C(=O)N1C[C@H](O)C[C@@H]1C(=O)O. The topological polar surface area (TPSA) is 104 Å². The van der Waals surface area contributed by atoms with E-state index in [1.807, 2.05) is 0 Å². The summed E-state index contributed by atoms with van der Waals surface area (Å²) in [5.74, 6) is -1.54. The van der Waals surface area contributed by atoms with Crippen molar-refractivity contribution in [3.05, 3.63) is 0 Å². The molecule has 1 unspecified atom stereocenters. The maximum absolute atomic E-state index is 11.4. The van der Waals surface area contributed by atoms with Crippen LogP contribution in [0.4, 0.5) is 0 Å². The Morgan fingerprint density at radius 3 is 2.57 bits per heavy atom. The first-order valence-corrected chi connectivity index (χ1v) is 4.40. The van der Waals surface area contributed by atoms with Gasteiger partial charge in [0.25, 0.3) is 0 Å². The molecule has 0 aromatic heterocycles. The lowest BCUT2D eigenvalue weighted by Crippen LogP contribution is -2.47. The Morgan fingerprint density at radius 2 is 2.14 bits per heavy atom. The zero-order valence-corrected chi connectivity index (χ0v) is 7.88. The second-order valence-corrected chi connectivity index (χ2v) is 3.52. The molecule has 0 bridgehead atoms. The highest BCUT2D eigenvalue weighted by atomic mass is 16.4. The summed E-state index contributed by atoms with van der Waals surface area (Å²) in [6.45, 7) is 1.54. The third kappa shape index (κ3) is 2.02. The second-order valence-electron chi connectivity index (χ2n) is 3.52. The number of aliphatic carboxylic acids is 1. The molecule has 0 spiro atoms. The molecular formula is C8H14N2O4. The lowest BCUT2D eigenvalue weighted by Gasteiger charge is -2.22. The predicted octanol–water partition coefficient (Wildman–Crippen LogP) is -1.62. The minimum absolute atomic E-state index is 0.0529. The number of carboxylic acid groups (broad SMARTS) is 1. The number of nitrogens with two attached hydrogens (primary N) is 1. The number of hydrogen-bond acceptors (Lipinski definition) is 4. The summed E-state index contributed by atoms with van der Waals surface area (Å²) in [5, 5.41) is 18.0. The van der Waals surface area contributed by atoms with Gasteiger partial charge < -0.3 is 20.8 Å². The number of likely N-dealkylation sites (tertiary alicyclic amines) is 1. The van der Waals surface area contributed by atoms with E-state index in [-0.39, 0.29) is 13.0 Å². The summed E-state index contributed by atoms with van der Waals surface area (Å²) in [5.41, 5.74) is 5.36. The van der Waals surface area contributed by atoms with Crippen LogP contribution in [0.1, 0.15) is 13.3 Å². The highest BCUT2D eigenvalue weighted by Crippen LogP contribution is 2.18. The van der Waals surface area contributed by atoms with Gasteiger partial charge in [0.05, 0.1) is 12.1 Å². The number of β-amino-alcohol motifs (C(OH)–C–C–N with tert-alkyl or cyclic N) is 1. The summed E-state index contributed by atoms with van der Waals surface area (Å²) in [6.07, 6.45) is -0.688. The van der Waals surface area contributed by atoms with Crippen molar-refractivity contribution in [3.63, 3.8) is 0 Å². The molecule has 1 aliphatic heterocycles. The van der Waals surface area contributed by atoms with Crippen LogP contribution >= 0.6 is 0 Å². The van der Waals surface area contributed by atoms with Crippen LogP contribution in [0.2, 0.25) is 0 Å². The first-order chi connectivity index (χ1) is 6.43. The summed E-state index contributed by atoms with van der Waals surface area (Å²) in [6, 6.07) is -1.68. The Hall–Kier alpha value is -1.14. The van der Waals surface area contributed by atoms with Crippen LogP contribution in [0.25, 0.3) is 0 Å². The Labute approximate surface area is 81.3 Å².